The fraction of sp³-hybridized carbons (Fsp3) is 0.583. The quantitative estimate of drug-likeness (QED) is 0.747. The Balaban J connectivity index is 2.49. The van der Waals surface area contributed by atoms with Gasteiger partial charge in [0.05, 0.1) is 6.33 Å². The molecule has 0 aliphatic heterocycles. The Morgan fingerprint density at radius 2 is 2.21 bits per heavy atom. The van der Waals surface area contributed by atoms with Gasteiger partial charge in [-0.1, -0.05) is 0 Å². The maximum atomic E-state index is 11.5. The number of carbonyl (C=O) groups excluding carboxylic acids is 1. The number of rotatable bonds is 5. The lowest BCUT2D eigenvalue weighted by molar-refractivity contribution is -0.139. The lowest BCUT2D eigenvalue weighted by Crippen LogP contribution is -2.43. The van der Waals surface area contributed by atoms with Crippen LogP contribution in [0.1, 0.15) is 32.9 Å². The first-order valence-electron chi connectivity index (χ1n) is 5.97. The number of ether oxygens (including phenoxy) is 1. The Hall–Kier alpha value is -2.05. The molecule has 7 nitrogen and oxygen atoms in total. The van der Waals surface area contributed by atoms with Gasteiger partial charge in [-0.2, -0.15) is 0 Å². The van der Waals surface area contributed by atoms with Crippen LogP contribution in [-0.2, 0) is 16.0 Å². The van der Waals surface area contributed by atoms with E-state index in [4.69, 9.17) is 9.84 Å². The molecule has 19 heavy (non-hydrogen) atoms. The number of carboxylic acids is 1. The van der Waals surface area contributed by atoms with Gasteiger partial charge in [0.1, 0.15) is 11.6 Å². The minimum absolute atomic E-state index is 0.261. The molecule has 1 rings (SSSR count). The van der Waals surface area contributed by atoms with Crippen LogP contribution in [0.3, 0.4) is 0 Å². The highest BCUT2D eigenvalue weighted by Crippen LogP contribution is 2.08. The van der Waals surface area contributed by atoms with Gasteiger partial charge in [0.2, 0.25) is 0 Å². The van der Waals surface area contributed by atoms with Crippen molar-refractivity contribution in [3.63, 3.8) is 0 Å². The number of alkyl carbamates (subject to hydrolysis) is 1. The van der Waals surface area contributed by atoms with Crippen molar-refractivity contribution in [3.8, 4) is 0 Å². The first-order valence-corrected chi connectivity index (χ1v) is 5.97. The standard InChI is InChI=1S/C12H19N3O4/c1-12(2,3)19-11(18)15-9(10(16)17)5-4-8-6-13-7-14-8/h6-7,9H,4-5H2,1-3H3,(H,13,14)(H,15,18)(H,16,17)/t9-/m1/s1. The first-order chi connectivity index (χ1) is 8.78. The molecular weight excluding hydrogens is 250 g/mol. The summed E-state index contributed by atoms with van der Waals surface area (Å²) in [5.41, 5.74) is 0.161. The van der Waals surface area contributed by atoms with Crippen LogP contribution >= 0.6 is 0 Å². The lowest BCUT2D eigenvalue weighted by atomic mass is 10.1. The van der Waals surface area contributed by atoms with Crippen LogP contribution in [0, 0.1) is 0 Å². The zero-order valence-corrected chi connectivity index (χ0v) is 11.3. The van der Waals surface area contributed by atoms with E-state index in [0.717, 1.165) is 5.69 Å². The molecule has 1 aromatic heterocycles. The highest BCUT2D eigenvalue weighted by atomic mass is 16.6. The molecule has 0 aliphatic carbocycles. The predicted octanol–water partition coefficient (Wildman–Crippen LogP) is 1.32. The van der Waals surface area contributed by atoms with E-state index in [1.807, 2.05) is 0 Å². The van der Waals surface area contributed by atoms with Crippen molar-refractivity contribution in [3.05, 3.63) is 18.2 Å². The molecule has 1 atom stereocenters. The number of nitrogens with zero attached hydrogens (tertiary/aromatic N) is 1. The van der Waals surface area contributed by atoms with Crippen molar-refractivity contribution in [2.45, 2.75) is 45.3 Å². The van der Waals surface area contributed by atoms with Gasteiger partial charge in [0.15, 0.2) is 0 Å². The Bertz CT molecular complexity index is 423. The molecule has 0 bridgehead atoms. The number of aryl methyl sites for hydroxylation is 1. The van der Waals surface area contributed by atoms with Gasteiger partial charge in [0.25, 0.3) is 0 Å². The number of nitrogens with one attached hydrogen (secondary N) is 2. The van der Waals surface area contributed by atoms with E-state index >= 15 is 0 Å². The maximum Gasteiger partial charge on any atom is 0.408 e. The molecule has 0 unspecified atom stereocenters. The van der Waals surface area contributed by atoms with Gasteiger partial charge in [-0.15, -0.1) is 0 Å². The molecular formula is C12H19N3O4. The number of hydrogen-bond acceptors (Lipinski definition) is 4. The van der Waals surface area contributed by atoms with Crippen molar-refractivity contribution in [2.75, 3.05) is 0 Å². The summed E-state index contributed by atoms with van der Waals surface area (Å²) in [5.74, 6) is -1.09. The zero-order chi connectivity index (χ0) is 14.5. The summed E-state index contributed by atoms with van der Waals surface area (Å²) in [7, 11) is 0. The summed E-state index contributed by atoms with van der Waals surface area (Å²) >= 11 is 0. The summed E-state index contributed by atoms with van der Waals surface area (Å²) in [4.78, 5) is 29.3. The summed E-state index contributed by atoms with van der Waals surface area (Å²) in [5, 5.41) is 11.4. The second-order valence-electron chi connectivity index (χ2n) is 5.15. The van der Waals surface area contributed by atoms with Crippen molar-refractivity contribution < 1.29 is 19.4 Å². The van der Waals surface area contributed by atoms with E-state index in [1.165, 1.54) is 6.33 Å². The van der Waals surface area contributed by atoms with Gasteiger partial charge < -0.3 is 20.1 Å². The summed E-state index contributed by atoms with van der Waals surface area (Å²) < 4.78 is 5.02. The van der Waals surface area contributed by atoms with Crippen LogP contribution in [0.15, 0.2) is 12.5 Å². The average molecular weight is 269 g/mol. The van der Waals surface area contributed by atoms with Gasteiger partial charge in [-0.3, -0.25) is 0 Å². The SMILES string of the molecule is CC(C)(C)OC(=O)N[C@H](CCc1cnc[nH]1)C(=O)O. The third kappa shape index (κ3) is 5.89. The highest BCUT2D eigenvalue weighted by molar-refractivity contribution is 5.79. The first kappa shape index (κ1) is 15.0. The predicted molar refractivity (Wildman–Crippen MR) is 67.7 cm³/mol. The van der Waals surface area contributed by atoms with Gasteiger partial charge in [-0.25, -0.2) is 14.6 Å². The van der Waals surface area contributed by atoms with Gasteiger partial charge >= 0.3 is 12.1 Å². The van der Waals surface area contributed by atoms with Crippen LogP contribution in [0.2, 0.25) is 0 Å². The molecule has 106 valence electrons. The number of carbonyl (C=O) groups is 2. The molecule has 0 aromatic carbocycles. The van der Waals surface area contributed by atoms with E-state index in [2.05, 4.69) is 15.3 Å². The molecule has 0 saturated carbocycles. The zero-order valence-electron chi connectivity index (χ0n) is 11.3. The molecule has 1 aromatic rings. The fourth-order valence-corrected chi connectivity index (χ4v) is 1.43. The van der Waals surface area contributed by atoms with Crippen LogP contribution < -0.4 is 5.32 Å². The molecule has 1 heterocycles. The Morgan fingerprint density at radius 3 is 2.68 bits per heavy atom. The third-order valence-electron chi connectivity index (χ3n) is 2.25. The molecule has 0 fully saturated rings. The number of aromatic amines is 1. The van der Waals surface area contributed by atoms with E-state index in [1.54, 1.807) is 27.0 Å². The highest BCUT2D eigenvalue weighted by Gasteiger charge is 2.23. The second kappa shape index (κ2) is 6.21. The normalized spacial score (nSPS) is 12.8. The van der Waals surface area contributed by atoms with Crippen LogP contribution in [0.25, 0.3) is 0 Å². The maximum absolute atomic E-state index is 11.5. The second-order valence-corrected chi connectivity index (χ2v) is 5.15. The summed E-state index contributed by atoms with van der Waals surface area (Å²) in [6.45, 7) is 5.15. The van der Waals surface area contributed by atoms with E-state index < -0.39 is 23.7 Å². The topological polar surface area (TPSA) is 104 Å². The van der Waals surface area contributed by atoms with Gasteiger partial charge in [-0.05, 0) is 33.6 Å². The molecule has 7 heteroatoms. The Labute approximate surface area is 111 Å². The summed E-state index contributed by atoms with van der Waals surface area (Å²) in [6.07, 6.45) is 3.15. The number of aromatic nitrogens is 2. The Morgan fingerprint density at radius 1 is 1.53 bits per heavy atom. The van der Waals surface area contributed by atoms with E-state index in [0.29, 0.717) is 6.42 Å². The fourth-order valence-electron chi connectivity index (χ4n) is 1.43. The smallest absolute Gasteiger partial charge is 0.408 e. The molecule has 1 amide bonds. The van der Waals surface area contributed by atoms with Crippen LogP contribution in [0.5, 0.6) is 0 Å². The molecule has 0 saturated heterocycles. The van der Waals surface area contributed by atoms with Crippen molar-refractivity contribution in [1.29, 1.82) is 0 Å². The lowest BCUT2D eigenvalue weighted by Gasteiger charge is -2.21. The molecule has 0 aliphatic rings. The molecule has 0 radical (unpaired) electrons. The number of imidazole rings is 1. The Kier molecular flexibility index (Phi) is 4.91. The minimum Gasteiger partial charge on any atom is -0.480 e. The van der Waals surface area contributed by atoms with Crippen LogP contribution in [0.4, 0.5) is 4.79 Å². The monoisotopic (exact) mass is 269 g/mol. The van der Waals surface area contributed by atoms with Crippen molar-refractivity contribution >= 4 is 12.1 Å². The van der Waals surface area contributed by atoms with Gasteiger partial charge in [0, 0.05) is 11.9 Å². The number of H-pyrrole nitrogens is 1. The molecule has 0 spiro atoms. The number of carboxylic acid groups (broad SMARTS) is 1. The van der Waals surface area contributed by atoms with Crippen molar-refractivity contribution in [1.82, 2.24) is 15.3 Å². The average Bonchev–Trinajstić information content (AvgIpc) is 2.73. The van der Waals surface area contributed by atoms with E-state index in [9.17, 15) is 9.59 Å². The third-order valence-corrected chi connectivity index (χ3v) is 2.25. The van der Waals surface area contributed by atoms with E-state index in [-0.39, 0.29) is 6.42 Å². The minimum atomic E-state index is -1.09. The number of amides is 1. The van der Waals surface area contributed by atoms with Crippen LogP contribution in [-0.4, -0.2) is 38.8 Å². The van der Waals surface area contributed by atoms with Crippen molar-refractivity contribution in [2.24, 2.45) is 0 Å². The number of aliphatic carboxylic acids is 1. The molecule has 3 N–H and O–H groups in total. The summed E-state index contributed by atoms with van der Waals surface area (Å²) in [6, 6.07) is -0.988. The largest absolute Gasteiger partial charge is 0.480 e. The number of hydrogen-bond donors (Lipinski definition) is 3.